The fourth-order valence-electron chi connectivity index (χ4n) is 2.35. The van der Waals surface area contributed by atoms with E-state index in [0.29, 0.717) is 17.5 Å². The van der Waals surface area contributed by atoms with Gasteiger partial charge in [-0.25, -0.2) is 4.79 Å². The summed E-state index contributed by atoms with van der Waals surface area (Å²) in [6, 6.07) is 7.51. The first-order valence-corrected chi connectivity index (χ1v) is 7.32. The maximum Gasteiger partial charge on any atom is 0.322 e. The molecule has 0 atom stereocenters. The molecule has 0 radical (unpaired) electrons. The van der Waals surface area contributed by atoms with Gasteiger partial charge in [-0.15, -0.1) is 0 Å². The lowest BCUT2D eigenvalue weighted by Crippen LogP contribution is -2.38. The number of nitrogens with one attached hydrogen (secondary N) is 1. The number of anilines is 1. The number of Topliss-reactive ketones (excluding diaryl/α,β-unsaturated/α-hetero) is 1. The second-order valence-electron chi connectivity index (χ2n) is 5.89. The van der Waals surface area contributed by atoms with Gasteiger partial charge in [0.25, 0.3) is 0 Å². The number of carbonyl (C=O) groups excluding carboxylic acids is 2. The molecule has 2 fully saturated rings. The smallest absolute Gasteiger partial charge is 0.321 e. The van der Waals surface area contributed by atoms with Crippen molar-refractivity contribution < 1.29 is 9.59 Å². The average molecular weight is 272 g/mol. The summed E-state index contributed by atoms with van der Waals surface area (Å²) in [5, 5.41) is 2.94. The van der Waals surface area contributed by atoms with Gasteiger partial charge in [-0.3, -0.25) is 4.79 Å². The Balaban J connectivity index is 1.62. The van der Waals surface area contributed by atoms with Gasteiger partial charge in [0.15, 0.2) is 5.78 Å². The van der Waals surface area contributed by atoms with Gasteiger partial charge in [-0.1, -0.05) is 0 Å². The second kappa shape index (κ2) is 5.27. The fourth-order valence-corrected chi connectivity index (χ4v) is 2.35. The molecule has 4 nitrogen and oxygen atoms in total. The molecular weight excluding hydrogens is 252 g/mol. The molecular formula is C16H20N2O2. The topological polar surface area (TPSA) is 49.4 Å². The molecule has 2 aliphatic carbocycles. The minimum atomic E-state index is -0.00465. The third-order valence-electron chi connectivity index (χ3n) is 3.94. The summed E-state index contributed by atoms with van der Waals surface area (Å²) in [5.74, 6) is 0.748. The predicted molar refractivity (Wildman–Crippen MR) is 77.9 cm³/mol. The van der Waals surface area contributed by atoms with Crippen LogP contribution in [0.4, 0.5) is 10.5 Å². The van der Waals surface area contributed by atoms with Gasteiger partial charge in [0.2, 0.25) is 0 Å². The first-order chi connectivity index (χ1) is 9.63. The largest absolute Gasteiger partial charge is 0.322 e. The van der Waals surface area contributed by atoms with Crippen LogP contribution in [0.3, 0.4) is 0 Å². The van der Waals surface area contributed by atoms with E-state index < -0.39 is 0 Å². The van der Waals surface area contributed by atoms with Gasteiger partial charge < -0.3 is 10.2 Å². The van der Waals surface area contributed by atoms with Crippen molar-refractivity contribution in [2.24, 2.45) is 5.92 Å². The van der Waals surface area contributed by atoms with E-state index in [1.807, 2.05) is 4.90 Å². The average Bonchev–Trinajstić information content (AvgIpc) is 3.29. The first-order valence-electron chi connectivity index (χ1n) is 7.32. The highest BCUT2D eigenvalue weighted by Crippen LogP contribution is 2.35. The van der Waals surface area contributed by atoms with E-state index in [1.165, 1.54) is 19.8 Å². The molecule has 0 aromatic heterocycles. The minimum absolute atomic E-state index is 0.00465. The molecule has 1 N–H and O–H groups in total. The van der Waals surface area contributed by atoms with Crippen molar-refractivity contribution in [2.75, 3.05) is 11.9 Å². The summed E-state index contributed by atoms with van der Waals surface area (Å²) >= 11 is 0. The number of amides is 2. The van der Waals surface area contributed by atoms with Crippen LogP contribution in [-0.2, 0) is 0 Å². The number of benzene rings is 1. The zero-order valence-electron chi connectivity index (χ0n) is 11.8. The van der Waals surface area contributed by atoms with Crippen LogP contribution in [0.1, 0.15) is 43.0 Å². The standard InChI is InChI=1S/C16H20N2O2/c1-11(19)13-4-6-14(7-5-13)17-16(20)18(15-8-9-15)10-12-2-3-12/h4-7,12,15H,2-3,8-10H2,1H3,(H,17,20). The van der Waals surface area contributed by atoms with E-state index in [2.05, 4.69) is 5.32 Å². The third-order valence-corrected chi connectivity index (χ3v) is 3.94. The molecule has 106 valence electrons. The van der Waals surface area contributed by atoms with Crippen LogP contribution in [-0.4, -0.2) is 29.3 Å². The van der Waals surface area contributed by atoms with Crippen LogP contribution in [0.2, 0.25) is 0 Å². The van der Waals surface area contributed by atoms with E-state index >= 15 is 0 Å². The molecule has 3 rings (SSSR count). The van der Waals surface area contributed by atoms with Crippen LogP contribution < -0.4 is 5.32 Å². The van der Waals surface area contributed by atoms with Gasteiger partial charge in [0.05, 0.1) is 0 Å². The lowest BCUT2D eigenvalue weighted by atomic mass is 10.1. The maximum atomic E-state index is 12.3. The van der Waals surface area contributed by atoms with Crippen LogP contribution in [0, 0.1) is 5.92 Å². The number of ketones is 1. The number of hydrogen-bond acceptors (Lipinski definition) is 2. The SMILES string of the molecule is CC(=O)c1ccc(NC(=O)N(CC2CC2)C2CC2)cc1. The van der Waals surface area contributed by atoms with Gasteiger partial charge in [0.1, 0.15) is 0 Å². The summed E-state index contributed by atoms with van der Waals surface area (Å²) < 4.78 is 0. The Bertz CT molecular complexity index is 516. The van der Waals surface area contributed by atoms with Gasteiger partial charge in [-0.05, 0) is 62.8 Å². The van der Waals surface area contributed by atoms with E-state index in [1.54, 1.807) is 24.3 Å². The van der Waals surface area contributed by atoms with Crippen molar-refractivity contribution in [2.45, 2.75) is 38.6 Å². The molecule has 0 saturated heterocycles. The summed E-state index contributed by atoms with van der Waals surface area (Å²) in [4.78, 5) is 25.5. The molecule has 2 amide bonds. The highest BCUT2D eigenvalue weighted by atomic mass is 16.2. The highest BCUT2D eigenvalue weighted by molar-refractivity contribution is 5.95. The number of carbonyl (C=O) groups is 2. The molecule has 0 spiro atoms. The summed E-state index contributed by atoms with van der Waals surface area (Å²) in [7, 11) is 0. The molecule has 1 aromatic rings. The Morgan fingerprint density at radius 3 is 2.30 bits per heavy atom. The zero-order valence-corrected chi connectivity index (χ0v) is 11.8. The van der Waals surface area contributed by atoms with Crippen LogP contribution in [0.25, 0.3) is 0 Å². The normalized spacial score (nSPS) is 17.6. The molecule has 0 unspecified atom stereocenters. The zero-order chi connectivity index (χ0) is 14.1. The fraction of sp³-hybridized carbons (Fsp3) is 0.500. The number of urea groups is 1. The van der Waals surface area contributed by atoms with Gasteiger partial charge >= 0.3 is 6.03 Å². The van der Waals surface area contributed by atoms with E-state index in [0.717, 1.165) is 25.1 Å². The van der Waals surface area contributed by atoms with E-state index in [-0.39, 0.29) is 11.8 Å². The van der Waals surface area contributed by atoms with Gasteiger partial charge in [-0.2, -0.15) is 0 Å². The quantitative estimate of drug-likeness (QED) is 0.836. The molecule has 0 heterocycles. The van der Waals surface area contributed by atoms with Crippen molar-refractivity contribution in [3.05, 3.63) is 29.8 Å². The molecule has 0 aliphatic heterocycles. The molecule has 4 heteroatoms. The van der Waals surface area contributed by atoms with Crippen molar-refractivity contribution in [3.63, 3.8) is 0 Å². The highest BCUT2D eigenvalue weighted by Gasteiger charge is 2.36. The minimum Gasteiger partial charge on any atom is -0.321 e. The predicted octanol–water partition coefficient (Wildman–Crippen LogP) is 3.30. The van der Waals surface area contributed by atoms with Crippen molar-refractivity contribution in [1.82, 2.24) is 4.90 Å². The monoisotopic (exact) mass is 272 g/mol. The van der Waals surface area contributed by atoms with Gasteiger partial charge in [0, 0.05) is 23.8 Å². The van der Waals surface area contributed by atoms with Crippen LogP contribution in [0.5, 0.6) is 0 Å². The third kappa shape index (κ3) is 3.18. The number of rotatable bonds is 5. The summed E-state index contributed by atoms with van der Waals surface area (Å²) in [5.41, 5.74) is 1.42. The summed E-state index contributed by atoms with van der Waals surface area (Å²) in [6.45, 7) is 2.43. The molecule has 2 aliphatic rings. The Morgan fingerprint density at radius 2 is 1.80 bits per heavy atom. The molecule has 20 heavy (non-hydrogen) atoms. The Labute approximate surface area is 119 Å². The van der Waals surface area contributed by atoms with Crippen LogP contribution >= 0.6 is 0 Å². The van der Waals surface area contributed by atoms with Crippen molar-refractivity contribution >= 4 is 17.5 Å². The van der Waals surface area contributed by atoms with Crippen molar-refractivity contribution in [1.29, 1.82) is 0 Å². The Kier molecular flexibility index (Phi) is 3.47. The molecule has 0 bridgehead atoms. The number of hydrogen-bond donors (Lipinski definition) is 1. The van der Waals surface area contributed by atoms with E-state index in [4.69, 9.17) is 0 Å². The Hall–Kier alpha value is -1.84. The summed E-state index contributed by atoms with van der Waals surface area (Å²) in [6.07, 6.45) is 4.76. The lowest BCUT2D eigenvalue weighted by molar-refractivity contribution is 0.101. The molecule has 1 aromatic carbocycles. The second-order valence-corrected chi connectivity index (χ2v) is 5.89. The van der Waals surface area contributed by atoms with E-state index in [9.17, 15) is 9.59 Å². The van der Waals surface area contributed by atoms with Crippen molar-refractivity contribution in [3.8, 4) is 0 Å². The maximum absolute atomic E-state index is 12.3. The number of nitrogens with zero attached hydrogens (tertiary/aromatic N) is 1. The lowest BCUT2D eigenvalue weighted by Gasteiger charge is -2.22. The molecule has 2 saturated carbocycles. The Morgan fingerprint density at radius 1 is 1.15 bits per heavy atom. The van der Waals surface area contributed by atoms with Crippen LogP contribution in [0.15, 0.2) is 24.3 Å². The first kappa shape index (κ1) is 13.2.